The Morgan fingerprint density at radius 1 is 1.30 bits per heavy atom. The number of thiophene rings is 1. The number of hydrogen-bond donors (Lipinski definition) is 1. The van der Waals surface area contributed by atoms with Gasteiger partial charge in [-0.1, -0.05) is 11.6 Å². The zero-order valence-corrected chi connectivity index (χ0v) is 11.5. The van der Waals surface area contributed by atoms with E-state index in [9.17, 15) is 14.9 Å². The van der Waals surface area contributed by atoms with Gasteiger partial charge in [0.25, 0.3) is 11.6 Å². The van der Waals surface area contributed by atoms with E-state index in [-0.39, 0.29) is 11.3 Å². The van der Waals surface area contributed by atoms with Crippen LogP contribution in [0.2, 0.25) is 4.34 Å². The second-order valence-electron chi connectivity index (χ2n) is 3.64. The number of non-ortho nitro benzene ring substituents is 1. The lowest BCUT2D eigenvalue weighted by molar-refractivity contribution is -0.384. The van der Waals surface area contributed by atoms with Gasteiger partial charge in [0.2, 0.25) is 0 Å². The summed E-state index contributed by atoms with van der Waals surface area (Å²) in [6, 6.07) is 8.76. The molecule has 1 N–H and O–H groups in total. The summed E-state index contributed by atoms with van der Waals surface area (Å²) in [5, 5.41) is 14.3. The molecule has 0 bridgehead atoms. The predicted molar refractivity (Wildman–Crippen MR) is 77.5 cm³/mol. The molecule has 0 saturated heterocycles. The molecule has 102 valence electrons. The summed E-state index contributed by atoms with van der Waals surface area (Å²) in [5.74, 6) is -0.446. The fourth-order valence-corrected chi connectivity index (χ4v) is 2.28. The van der Waals surface area contributed by atoms with Crippen LogP contribution < -0.4 is 5.43 Å². The Kier molecular flexibility index (Phi) is 4.44. The zero-order chi connectivity index (χ0) is 14.5. The summed E-state index contributed by atoms with van der Waals surface area (Å²) in [7, 11) is 0. The summed E-state index contributed by atoms with van der Waals surface area (Å²) in [5.41, 5.74) is 2.55. The highest BCUT2D eigenvalue weighted by Gasteiger charge is 2.08. The van der Waals surface area contributed by atoms with Crippen LogP contribution in [-0.4, -0.2) is 17.0 Å². The molecule has 1 amide bonds. The van der Waals surface area contributed by atoms with Gasteiger partial charge in [0.05, 0.1) is 15.5 Å². The number of nitrogens with one attached hydrogen (secondary N) is 1. The number of carbonyl (C=O) groups is 1. The Labute approximate surface area is 122 Å². The second-order valence-corrected chi connectivity index (χ2v) is 5.39. The van der Waals surface area contributed by atoms with Crippen LogP contribution in [0.15, 0.2) is 41.5 Å². The third-order valence-electron chi connectivity index (χ3n) is 2.29. The molecule has 6 nitrogen and oxygen atoms in total. The average molecular weight is 310 g/mol. The van der Waals surface area contributed by atoms with E-state index < -0.39 is 10.8 Å². The smallest absolute Gasteiger partial charge is 0.267 e. The molecule has 20 heavy (non-hydrogen) atoms. The van der Waals surface area contributed by atoms with Crippen molar-refractivity contribution in [2.24, 2.45) is 5.10 Å². The molecule has 0 saturated carbocycles. The Morgan fingerprint density at radius 2 is 2.00 bits per heavy atom. The largest absolute Gasteiger partial charge is 0.271 e. The van der Waals surface area contributed by atoms with Crippen molar-refractivity contribution in [3.05, 3.63) is 61.3 Å². The van der Waals surface area contributed by atoms with E-state index in [1.807, 2.05) is 0 Å². The highest BCUT2D eigenvalue weighted by atomic mass is 35.5. The van der Waals surface area contributed by atoms with Gasteiger partial charge in [-0.3, -0.25) is 14.9 Å². The molecule has 1 aromatic heterocycles. The minimum atomic E-state index is -0.527. The Hall–Kier alpha value is -2.25. The van der Waals surface area contributed by atoms with Gasteiger partial charge >= 0.3 is 0 Å². The first kappa shape index (κ1) is 14.2. The lowest BCUT2D eigenvalue weighted by Gasteiger charge is -1.98. The molecule has 1 aromatic carbocycles. The molecule has 0 radical (unpaired) electrons. The number of nitrogens with zero attached hydrogens (tertiary/aromatic N) is 2. The number of amides is 1. The maximum absolute atomic E-state index is 11.7. The van der Waals surface area contributed by atoms with Gasteiger partial charge in [0, 0.05) is 22.6 Å². The minimum Gasteiger partial charge on any atom is -0.267 e. The number of nitro benzene ring substituents is 1. The third-order valence-corrected chi connectivity index (χ3v) is 3.46. The summed E-state index contributed by atoms with van der Waals surface area (Å²) >= 11 is 7.08. The van der Waals surface area contributed by atoms with Crippen molar-refractivity contribution in [3.63, 3.8) is 0 Å². The monoisotopic (exact) mass is 309 g/mol. The molecule has 0 unspecified atom stereocenters. The molecule has 0 aliphatic rings. The molecule has 8 heteroatoms. The average Bonchev–Trinajstić information content (AvgIpc) is 2.84. The van der Waals surface area contributed by atoms with Crippen LogP contribution in [0, 0.1) is 10.1 Å². The number of hydrazone groups is 1. The van der Waals surface area contributed by atoms with Crippen LogP contribution in [-0.2, 0) is 0 Å². The van der Waals surface area contributed by atoms with Crippen LogP contribution >= 0.6 is 22.9 Å². The van der Waals surface area contributed by atoms with Crippen molar-refractivity contribution in [2.45, 2.75) is 0 Å². The second kappa shape index (κ2) is 6.27. The number of rotatable bonds is 4. The summed E-state index contributed by atoms with van der Waals surface area (Å²) in [6.07, 6.45) is 1.47. The molecular formula is C12H8ClN3O3S. The van der Waals surface area contributed by atoms with E-state index in [4.69, 9.17) is 11.6 Å². The molecular weight excluding hydrogens is 302 g/mol. The summed E-state index contributed by atoms with van der Waals surface area (Å²) in [4.78, 5) is 22.5. The van der Waals surface area contributed by atoms with Crippen molar-refractivity contribution >= 4 is 40.7 Å². The van der Waals surface area contributed by atoms with Crippen LogP contribution in [0.4, 0.5) is 5.69 Å². The lowest BCUT2D eigenvalue weighted by atomic mass is 10.2. The Morgan fingerprint density at radius 3 is 2.55 bits per heavy atom. The van der Waals surface area contributed by atoms with Gasteiger partial charge in [0.1, 0.15) is 0 Å². The maximum atomic E-state index is 11.7. The van der Waals surface area contributed by atoms with Crippen molar-refractivity contribution < 1.29 is 9.72 Å². The minimum absolute atomic E-state index is 0.0710. The quantitative estimate of drug-likeness (QED) is 0.535. The number of hydrogen-bond acceptors (Lipinski definition) is 5. The van der Waals surface area contributed by atoms with Gasteiger partial charge < -0.3 is 0 Å². The van der Waals surface area contributed by atoms with E-state index in [0.717, 1.165) is 4.88 Å². The van der Waals surface area contributed by atoms with E-state index in [1.165, 1.54) is 41.8 Å². The normalized spacial score (nSPS) is 10.7. The van der Waals surface area contributed by atoms with Crippen LogP contribution in [0.3, 0.4) is 0 Å². The molecule has 0 fully saturated rings. The Balaban J connectivity index is 1.98. The standard InChI is InChI=1S/C12H8ClN3O3S/c13-11-6-5-10(20-11)7-14-15-12(17)8-1-3-9(4-2-8)16(18)19/h1-7H,(H,15,17)/b14-7+. The van der Waals surface area contributed by atoms with Crippen LogP contribution in [0.5, 0.6) is 0 Å². The fourth-order valence-electron chi connectivity index (χ4n) is 1.35. The number of benzene rings is 1. The van der Waals surface area contributed by atoms with Crippen molar-refractivity contribution in [3.8, 4) is 0 Å². The van der Waals surface area contributed by atoms with Gasteiger partial charge in [-0.2, -0.15) is 5.10 Å². The highest BCUT2D eigenvalue weighted by molar-refractivity contribution is 7.17. The molecule has 2 rings (SSSR count). The van der Waals surface area contributed by atoms with Crippen LogP contribution in [0.25, 0.3) is 0 Å². The van der Waals surface area contributed by atoms with E-state index in [2.05, 4.69) is 10.5 Å². The van der Waals surface area contributed by atoms with E-state index in [1.54, 1.807) is 12.1 Å². The number of nitro groups is 1. The molecule has 0 aliphatic carbocycles. The molecule has 2 aromatic rings. The predicted octanol–water partition coefficient (Wildman–Crippen LogP) is 3.07. The topological polar surface area (TPSA) is 84.6 Å². The Bertz CT molecular complexity index is 667. The molecule has 0 aliphatic heterocycles. The van der Waals surface area contributed by atoms with Crippen molar-refractivity contribution in [1.82, 2.24) is 5.43 Å². The lowest BCUT2D eigenvalue weighted by Crippen LogP contribution is -2.17. The fraction of sp³-hybridized carbons (Fsp3) is 0. The first-order chi connectivity index (χ1) is 9.56. The SMILES string of the molecule is O=C(N/N=C/c1ccc(Cl)s1)c1ccc([N+](=O)[O-])cc1. The number of carbonyl (C=O) groups excluding carboxylic acids is 1. The van der Waals surface area contributed by atoms with E-state index in [0.29, 0.717) is 4.34 Å². The summed E-state index contributed by atoms with van der Waals surface area (Å²) in [6.45, 7) is 0. The van der Waals surface area contributed by atoms with Crippen molar-refractivity contribution in [1.29, 1.82) is 0 Å². The molecule has 0 spiro atoms. The first-order valence-electron chi connectivity index (χ1n) is 5.39. The maximum Gasteiger partial charge on any atom is 0.271 e. The summed E-state index contributed by atoms with van der Waals surface area (Å²) < 4.78 is 0.633. The first-order valence-corrected chi connectivity index (χ1v) is 6.59. The van der Waals surface area contributed by atoms with Gasteiger partial charge in [-0.05, 0) is 24.3 Å². The van der Waals surface area contributed by atoms with E-state index >= 15 is 0 Å². The van der Waals surface area contributed by atoms with Crippen LogP contribution in [0.1, 0.15) is 15.2 Å². The highest BCUT2D eigenvalue weighted by Crippen LogP contribution is 2.19. The molecule has 1 heterocycles. The zero-order valence-electron chi connectivity index (χ0n) is 9.95. The van der Waals surface area contributed by atoms with Gasteiger partial charge in [-0.15, -0.1) is 11.3 Å². The van der Waals surface area contributed by atoms with Crippen molar-refractivity contribution in [2.75, 3.05) is 0 Å². The third kappa shape index (κ3) is 3.62. The molecule has 0 atom stereocenters. The van der Waals surface area contributed by atoms with Gasteiger partial charge in [0.15, 0.2) is 0 Å². The number of halogens is 1. The van der Waals surface area contributed by atoms with Gasteiger partial charge in [-0.25, -0.2) is 5.43 Å².